The molecule has 0 saturated carbocycles. The van der Waals surface area contributed by atoms with Crippen LogP contribution in [0.25, 0.3) is 0 Å². The zero-order chi connectivity index (χ0) is 9.80. The summed E-state index contributed by atoms with van der Waals surface area (Å²) in [6, 6.07) is 0. The smallest absolute Gasteiger partial charge is 0.115 e. The highest BCUT2D eigenvalue weighted by atomic mass is 16.5. The van der Waals surface area contributed by atoms with Gasteiger partial charge in [0, 0.05) is 18.0 Å². The van der Waals surface area contributed by atoms with Gasteiger partial charge in [0.15, 0.2) is 0 Å². The van der Waals surface area contributed by atoms with E-state index in [0.717, 1.165) is 25.0 Å². The summed E-state index contributed by atoms with van der Waals surface area (Å²) in [6.07, 6.45) is 7.52. The zero-order valence-corrected chi connectivity index (χ0v) is 7.76. The molecule has 0 bridgehead atoms. The molecule has 14 heavy (non-hydrogen) atoms. The van der Waals surface area contributed by atoms with E-state index >= 15 is 0 Å². The van der Waals surface area contributed by atoms with Crippen molar-refractivity contribution in [1.82, 2.24) is 9.97 Å². The van der Waals surface area contributed by atoms with E-state index in [0.29, 0.717) is 5.56 Å². The van der Waals surface area contributed by atoms with Crippen LogP contribution in [0.15, 0.2) is 30.6 Å². The van der Waals surface area contributed by atoms with E-state index in [1.165, 1.54) is 6.33 Å². The van der Waals surface area contributed by atoms with Gasteiger partial charge in [-0.05, 0) is 18.4 Å². The molecule has 1 atom stereocenters. The first-order chi connectivity index (χ1) is 6.88. The standard InChI is InChI=1S/C10H12N2O2/c13-10(8-2-1-3-14-6-8)9-4-11-7-12-5-9/h4-7,10,13H,1-3H2. The highest BCUT2D eigenvalue weighted by molar-refractivity contribution is 5.20. The Labute approximate surface area is 82.3 Å². The van der Waals surface area contributed by atoms with Gasteiger partial charge in [0.25, 0.3) is 0 Å². The van der Waals surface area contributed by atoms with Crippen LogP contribution >= 0.6 is 0 Å². The first kappa shape index (κ1) is 9.15. The Morgan fingerprint density at radius 1 is 1.36 bits per heavy atom. The van der Waals surface area contributed by atoms with Gasteiger partial charge in [0.05, 0.1) is 12.9 Å². The van der Waals surface area contributed by atoms with Crippen molar-refractivity contribution in [2.45, 2.75) is 18.9 Å². The SMILES string of the molecule is OC(C1=COCCC1)c1cncnc1. The Morgan fingerprint density at radius 3 is 2.79 bits per heavy atom. The van der Waals surface area contributed by atoms with Crippen LogP contribution in [0.2, 0.25) is 0 Å². The molecule has 0 amide bonds. The van der Waals surface area contributed by atoms with Crippen LogP contribution in [0.3, 0.4) is 0 Å². The summed E-state index contributed by atoms with van der Waals surface area (Å²) in [7, 11) is 0. The summed E-state index contributed by atoms with van der Waals surface area (Å²) in [5.74, 6) is 0. The fourth-order valence-electron chi connectivity index (χ4n) is 1.45. The van der Waals surface area contributed by atoms with Gasteiger partial charge in [-0.1, -0.05) is 0 Å². The molecule has 1 aromatic rings. The molecule has 1 aliphatic heterocycles. The quantitative estimate of drug-likeness (QED) is 0.765. The Hall–Kier alpha value is -1.42. The first-order valence-corrected chi connectivity index (χ1v) is 4.61. The maximum absolute atomic E-state index is 9.92. The minimum absolute atomic E-state index is 0.628. The second-order valence-corrected chi connectivity index (χ2v) is 3.24. The lowest BCUT2D eigenvalue weighted by atomic mass is 10.0. The molecule has 4 heteroatoms. The highest BCUT2D eigenvalue weighted by Crippen LogP contribution is 2.26. The summed E-state index contributed by atoms with van der Waals surface area (Å²) in [5.41, 5.74) is 1.61. The van der Waals surface area contributed by atoms with E-state index in [4.69, 9.17) is 4.74 Å². The van der Waals surface area contributed by atoms with Crippen molar-refractivity contribution < 1.29 is 9.84 Å². The lowest BCUT2D eigenvalue weighted by molar-refractivity contribution is 0.170. The zero-order valence-electron chi connectivity index (χ0n) is 7.76. The topological polar surface area (TPSA) is 55.2 Å². The lowest BCUT2D eigenvalue weighted by Crippen LogP contribution is -2.08. The van der Waals surface area contributed by atoms with E-state index in [1.807, 2.05) is 0 Å². The molecule has 0 saturated heterocycles. The number of rotatable bonds is 2. The van der Waals surface area contributed by atoms with E-state index in [9.17, 15) is 5.11 Å². The Balaban J connectivity index is 2.15. The van der Waals surface area contributed by atoms with E-state index < -0.39 is 6.10 Å². The summed E-state index contributed by atoms with van der Waals surface area (Å²) in [5, 5.41) is 9.92. The summed E-state index contributed by atoms with van der Waals surface area (Å²) in [6.45, 7) is 0.738. The number of aliphatic hydroxyl groups is 1. The third kappa shape index (κ3) is 1.90. The monoisotopic (exact) mass is 192 g/mol. The Morgan fingerprint density at radius 2 is 2.14 bits per heavy atom. The van der Waals surface area contributed by atoms with Crippen LogP contribution in [-0.2, 0) is 4.74 Å². The largest absolute Gasteiger partial charge is 0.501 e. The molecular formula is C10H12N2O2. The van der Waals surface area contributed by atoms with Crippen LogP contribution in [0, 0.1) is 0 Å². The van der Waals surface area contributed by atoms with Crippen LogP contribution < -0.4 is 0 Å². The molecule has 0 fully saturated rings. The Kier molecular flexibility index (Phi) is 2.74. The molecule has 0 spiro atoms. The number of aliphatic hydroxyl groups excluding tert-OH is 1. The van der Waals surface area contributed by atoms with Crippen LogP contribution in [0.4, 0.5) is 0 Å². The molecule has 74 valence electrons. The van der Waals surface area contributed by atoms with Crippen molar-refractivity contribution in [3.63, 3.8) is 0 Å². The van der Waals surface area contributed by atoms with Crippen molar-refractivity contribution >= 4 is 0 Å². The molecule has 1 aromatic heterocycles. The number of ether oxygens (including phenoxy) is 1. The van der Waals surface area contributed by atoms with E-state index in [-0.39, 0.29) is 0 Å². The molecular weight excluding hydrogens is 180 g/mol. The molecule has 0 aliphatic carbocycles. The summed E-state index contributed by atoms with van der Waals surface area (Å²) >= 11 is 0. The molecule has 0 radical (unpaired) electrons. The molecule has 4 nitrogen and oxygen atoms in total. The number of hydrogen-bond acceptors (Lipinski definition) is 4. The lowest BCUT2D eigenvalue weighted by Gasteiger charge is -2.18. The van der Waals surface area contributed by atoms with Crippen LogP contribution in [0.1, 0.15) is 24.5 Å². The van der Waals surface area contributed by atoms with E-state index in [1.54, 1.807) is 18.7 Å². The summed E-state index contributed by atoms with van der Waals surface area (Å²) < 4.78 is 5.16. The van der Waals surface area contributed by atoms with Crippen molar-refractivity contribution in [1.29, 1.82) is 0 Å². The minimum Gasteiger partial charge on any atom is -0.501 e. The van der Waals surface area contributed by atoms with Crippen molar-refractivity contribution in [2.24, 2.45) is 0 Å². The molecule has 1 N–H and O–H groups in total. The molecule has 1 aliphatic rings. The van der Waals surface area contributed by atoms with Gasteiger partial charge in [-0.3, -0.25) is 0 Å². The normalized spacial score (nSPS) is 18.2. The maximum atomic E-state index is 9.92. The fourth-order valence-corrected chi connectivity index (χ4v) is 1.45. The van der Waals surface area contributed by atoms with Crippen molar-refractivity contribution in [3.05, 3.63) is 36.1 Å². The second kappa shape index (κ2) is 4.19. The average Bonchev–Trinajstić information content (AvgIpc) is 2.30. The molecule has 0 aromatic carbocycles. The van der Waals surface area contributed by atoms with Crippen LogP contribution in [0.5, 0.6) is 0 Å². The maximum Gasteiger partial charge on any atom is 0.115 e. The highest BCUT2D eigenvalue weighted by Gasteiger charge is 2.16. The van der Waals surface area contributed by atoms with Gasteiger partial charge in [0.2, 0.25) is 0 Å². The molecule has 2 rings (SSSR count). The predicted octanol–water partition coefficient (Wildman–Crippen LogP) is 1.20. The van der Waals surface area contributed by atoms with Crippen molar-refractivity contribution in [3.8, 4) is 0 Å². The Bertz CT molecular complexity index is 324. The third-order valence-electron chi connectivity index (χ3n) is 2.21. The van der Waals surface area contributed by atoms with Crippen LogP contribution in [-0.4, -0.2) is 21.7 Å². The summed E-state index contributed by atoms with van der Waals surface area (Å²) in [4.78, 5) is 7.72. The number of hydrogen-bond donors (Lipinski definition) is 1. The number of aromatic nitrogens is 2. The van der Waals surface area contributed by atoms with Crippen molar-refractivity contribution in [2.75, 3.05) is 6.61 Å². The van der Waals surface area contributed by atoms with Gasteiger partial charge < -0.3 is 9.84 Å². The van der Waals surface area contributed by atoms with Gasteiger partial charge in [0.1, 0.15) is 12.4 Å². The van der Waals surface area contributed by atoms with Gasteiger partial charge in [-0.15, -0.1) is 0 Å². The predicted molar refractivity (Wildman–Crippen MR) is 50.3 cm³/mol. The van der Waals surface area contributed by atoms with E-state index in [2.05, 4.69) is 9.97 Å². The minimum atomic E-state index is -0.628. The van der Waals surface area contributed by atoms with Gasteiger partial charge in [-0.25, -0.2) is 9.97 Å². The second-order valence-electron chi connectivity index (χ2n) is 3.24. The first-order valence-electron chi connectivity index (χ1n) is 4.61. The molecule has 2 heterocycles. The fraction of sp³-hybridized carbons (Fsp3) is 0.400. The third-order valence-corrected chi connectivity index (χ3v) is 2.21. The molecule has 1 unspecified atom stereocenters. The van der Waals surface area contributed by atoms with Gasteiger partial charge >= 0.3 is 0 Å². The van der Waals surface area contributed by atoms with Gasteiger partial charge in [-0.2, -0.15) is 0 Å². The average molecular weight is 192 g/mol. The number of nitrogens with zero attached hydrogens (tertiary/aromatic N) is 2.